The molecule has 1 aromatic rings. The second kappa shape index (κ2) is 8.68. The molecular weight excluding hydrogens is 286 g/mol. The molecule has 2 heterocycles. The maximum atomic E-state index is 5.71. The Morgan fingerprint density at radius 1 is 1.52 bits per heavy atom. The SMILES string of the molecule is CCCNCc1sc(N(C)CC2CCCO2)nc1COC. The predicted molar refractivity (Wildman–Crippen MR) is 87.1 cm³/mol. The molecule has 0 spiro atoms. The molecular formula is C15H27N3O2S. The van der Waals surface area contributed by atoms with Crippen LogP contribution in [0.3, 0.4) is 0 Å². The van der Waals surface area contributed by atoms with Crippen LogP contribution in [0.25, 0.3) is 0 Å². The van der Waals surface area contributed by atoms with Gasteiger partial charge in [0, 0.05) is 38.7 Å². The molecule has 0 radical (unpaired) electrons. The zero-order chi connectivity index (χ0) is 15.1. The van der Waals surface area contributed by atoms with E-state index in [1.165, 1.54) is 11.3 Å². The topological polar surface area (TPSA) is 46.6 Å². The van der Waals surface area contributed by atoms with E-state index in [0.29, 0.717) is 12.7 Å². The summed E-state index contributed by atoms with van der Waals surface area (Å²) in [5.41, 5.74) is 1.06. The lowest BCUT2D eigenvalue weighted by atomic mass is 10.2. The highest BCUT2D eigenvalue weighted by atomic mass is 32.1. The van der Waals surface area contributed by atoms with E-state index < -0.39 is 0 Å². The summed E-state index contributed by atoms with van der Waals surface area (Å²) in [7, 11) is 3.82. The monoisotopic (exact) mass is 313 g/mol. The van der Waals surface area contributed by atoms with Gasteiger partial charge in [-0.15, -0.1) is 11.3 Å². The Labute approximate surface area is 131 Å². The summed E-state index contributed by atoms with van der Waals surface area (Å²) in [6, 6.07) is 0. The van der Waals surface area contributed by atoms with Crippen LogP contribution in [0.15, 0.2) is 0 Å². The van der Waals surface area contributed by atoms with E-state index in [9.17, 15) is 0 Å². The molecule has 0 saturated carbocycles. The predicted octanol–water partition coefficient (Wildman–Crippen LogP) is 2.40. The first-order valence-corrected chi connectivity index (χ1v) is 8.57. The van der Waals surface area contributed by atoms with Crippen LogP contribution in [-0.4, -0.2) is 44.9 Å². The number of hydrogen-bond donors (Lipinski definition) is 1. The van der Waals surface area contributed by atoms with Gasteiger partial charge in [-0.1, -0.05) is 6.92 Å². The highest BCUT2D eigenvalue weighted by Gasteiger charge is 2.20. The summed E-state index contributed by atoms with van der Waals surface area (Å²) < 4.78 is 11.0. The Bertz CT molecular complexity index is 419. The molecule has 0 aliphatic carbocycles. The first kappa shape index (κ1) is 16.7. The lowest BCUT2D eigenvalue weighted by Gasteiger charge is -2.19. The first-order chi connectivity index (χ1) is 10.2. The van der Waals surface area contributed by atoms with Gasteiger partial charge in [0.2, 0.25) is 0 Å². The largest absolute Gasteiger partial charge is 0.378 e. The van der Waals surface area contributed by atoms with Crippen molar-refractivity contribution in [3.63, 3.8) is 0 Å². The van der Waals surface area contributed by atoms with E-state index in [1.807, 2.05) is 0 Å². The van der Waals surface area contributed by atoms with E-state index >= 15 is 0 Å². The number of nitrogens with zero attached hydrogens (tertiary/aromatic N) is 2. The second-order valence-corrected chi connectivity index (χ2v) is 6.55. The van der Waals surface area contributed by atoms with Crippen molar-refractivity contribution in [2.24, 2.45) is 0 Å². The molecule has 120 valence electrons. The van der Waals surface area contributed by atoms with Crippen molar-refractivity contribution in [1.29, 1.82) is 0 Å². The Hall–Kier alpha value is -0.690. The number of methoxy groups -OCH3 is 1. The van der Waals surface area contributed by atoms with Gasteiger partial charge in [-0.05, 0) is 25.8 Å². The van der Waals surface area contributed by atoms with Crippen LogP contribution in [0, 0.1) is 0 Å². The van der Waals surface area contributed by atoms with Gasteiger partial charge >= 0.3 is 0 Å². The molecule has 21 heavy (non-hydrogen) atoms. The minimum absolute atomic E-state index is 0.353. The molecule has 2 rings (SSSR count). The lowest BCUT2D eigenvalue weighted by molar-refractivity contribution is 0.116. The van der Waals surface area contributed by atoms with Crippen LogP contribution < -0.4 is 10.2 Å². The van der Waals surface area contributed by atoms with E-state index in [0.717, 1.165) is 49.9 Å². The van der Waals surface area contributed by atoms with Crippen LogP contribution in [0.1, 0.15) is 36.8 Å². The molecule has 0 aromatic carbocycles. The highest BCUT2D eigenvalue weighted by Crippen LogP contribution is 2.27. The third kappa shape index (κ3) is 4.92. The fourth-order valence-corrected chi connectivity index (χ4v) is 3.47. The van der Waals surface area contributed by atoms with E-state index in [1.54, 1.807) is 18.4 Å². The molecule has 1 fully saturated rings. The molecule has 1 aliphatic rings. The number of ether oxygens (including phenoxy) is 2. The number of nitrogens with one attached hydrogen (secondary N) is 1. The van der Waals surface area contributed by atoms with Crippen LogP contribution >= 0.6 is 11.3 Å². The van der Waals surface area contributed by atoms with Crippen LogP contribution in [-0.2, 0) is 22.6 Å². The maximum absolute atomic E-state index is 5.71. The van der Waals surface area contributed by atoms with Gasteiger partial charge in [-0.2, -0.15) is 0 Å². The molecule has 1 N–H and O–H groups in total. The number of rotatable bonds is 9. The molecule has 1 saturated heterocycles. The normalized spacial score (nSPS) is 18.3. The zero-order valence-corrected chi connectivity index (χ0v) is 14.2. The van der Waals surface area contributed by atoms with Gasteiger partial charge < -0.3 is 19.7 Å². The van der Waals surface area contributed by atoms with Gasteiger partial charge in [0.15, 0.2) is 5.13 Å². The molecule has 0 bridgehead atoms. The van der Waals surface area contributed by atoms with Gasteiger partial charge in [-0.25, -0.2) is 4.98 Å². The number of likely N-dealkylation sites (N-methyl/N-ethyl adjacent to an activating group) is 1. The number of thiazole rings is 1. The molecule has 6 heteroatoms. The summed E-state index contributed by atoms with van der Waals surface area (Å²) in [5.74, 6) is 0. The average molecular weight is 313 g/mol. The van der Waals surface area contributed by atoms with E-state index in [4.69, 9.17) is 14.5 Å². The van der Waals surface area contributed by atoms with Crippen molar-refractivity contribution in [1.82, 2.24) is 10.3 Å². The Morgan fingerprint density at radius 2 is 2.38 bits per heavy atom. The maximum Gasteiger partial charge on any atom is 0.185 e. The number of hydrogen-bond acceptors (Lipinski definition) is 6. The van der Waals surface area contributed by atoms with Crippen molar-refractivity contribution in [2.75, 3.05) is 38.8 Å². The van der Waals surface area contributed by atoms with Crippen molar-refractivity contribution < 1.29 is 9.47 Å². The first-order valence-electron chi connectivity index (χ1n) is 7.75. The molecule has 1 atom stereocenters. The highest BCUT2D eigenvalue weighted by molar-refractivity contribution is 7.15. The second-order valence-electron chi connectivity index (χ2n) is 5.49. The van der Waals surface area contributed by atoms with E-state index in [2.05, 4.69) is 24.2 Å². The lowest BCUT2D eigenvalue weighted by Crippen LogP contribution is -2.28. The summed E-state index contributed by atoms with van der Waals surface area (Å²) in [5, 5.41) is 4.51. The molecule has 0 amide bonds. The molecule has 5 nitrogen and oxygen atoms in total. The van der Waals surface area contributed by atoms with E-state index in [-0.39, 0.29) is 0 Å². The summed E-state index contributed by atoms with van der Waals surface area (Å²) in [4.78, 5) is 8.23. The van der Waals surface area contributed by atoms with Crippen molar-refractivity contribution in [3.8, 4) is 0 Å². The Morgan fingerprint density at radius 3 is 3.05 bits per heavy atom. The number of anilines is 1. The number of aromatic nitrogens is 1. The minimum Gasteiger partial charge on any atom is -0.378 e. The molecule has 1 unspecified atom stereocenters. The van der Waals surface area contributed by atoms with Gasteiger partial charge in [0.1, 0.15) is 0 Å². The Kier molecular flexibility index (Phi) is 6.89. The summed E-state index contributed by atoms with van der Waals surface area (Å²) >= 11 is 1.76. The van der Waals surface area contributed by atoms with Crippen LogP contribution in [0.4, 0.5) is 5.13 Å². The van der Waals surface area contributed by atoms with Gasteiger partial charge in [-0.3, -0.25) is 0 Å². The van der Waals surface area contributed by atoms with Crippen LogP contribution in [0.5, 0.6) is 0 Å². The molecule has 1 aliphatic heterocycles. The van der Waals surface area contributed by atoms with Crippen molar-refractivity contribution in [3.05, 3.63) is 10.6 Å². The minimum atomic E-state index is 0.353. The van der Waals surface area contributed by atoms with Crippen molar-refractivity contribution in [2.45, 2.75) is 45.4 Å². The zero-order valence-electron chi connectivity index (χ0n) is 13.4. The average Bonchev–Trinajstić information content (AvgIpc) is 3.10. The van der Waals surface area contributed by atoms with Gasteiger partial charge in [0.25, 0.3) is 0 Å². The summed E-state index contributed by atoms with van der Waals surface area (Å²) in [6.07, 6.45) is 3.83. The van der Waals surface area contributed by atoms with Gasteiger partial charge in [0.05, 0.1) is 18.4 Å². The molecule has 1 aromatic heterocycles. The standard InChI is InChI=1S/C15H27N3O2S/c1-4-7-16-9-14-13(11-19-3)17-15(21-14)18(2)10-12-6-5-8-20-12/h12,16H,4-11H2,1-3H3. The third-order valence-electron chi connectivity index (χ3n) is 3.59. The summed E-state index contributed by atoms with van der Waals surface area (Å²) in [6.45, 7) is 6.48. The quantitative estimate of drug-likeness (QED) is 0.709. The fourth-order valence-electron chi connectivity index (χ4n) is 2.47. The van der Waals surface area contributed by atoms with Crippen molar-refractivity contribution >= 4 is 16.5 Å². The smallest absolute Gasteiger partial charge is 0.185 e. The third-order valence-corrected chi connectivity index (χ3v) is 4.80. The fraction of sp³-hybridized carbons (Fsp3) is 0.800. The Balaban J connectivity index is 1.98. The van der Waals surface area contributed by atoms with Crippen LogP contribution in [0.2, 0.25) is 0 Å².